The van der Waals surface area contributed by atoms with Gasteiger partial charge in [0.15, 0.2) is 0 Å². The van der Waals surface area contributed by atoms with E-state index in [9.17, 15) is 9.59 Å². The van der Waals surface area contributed by atoms with Crippen LogP contribution in [0.3, 0.4) is 0 Å². The van der Waals surface area contributed by atoms with Gasteiger partial charge in [0.25, 0.3) is 0 Å². The lowest BCUT2D eigenvalue weighted by atomic mass is 10.1. The highest BCUT2D eigenvalue weighted by Gasteiger charge is 2.13. The summed E-state index contributed by atoms with van der Waals surface area (Å²) < 4.78 is 0. The Morgan fingerprint density at radius 2 is 1.46 bits per heavy atom. The zero-order chi connectivity index (χ0) is 17.2. The summed E-state index contributed by atoms with van der Waals surface area (Å²) in [5, 5.41) is 5.53. The summed E-state index contributed by atoms with van der Waals surface area (Å²) >= 11 is 0. The van der Waals surface area contributed by atoms with Gasteiger partial charge in [0, 0.05) is 19.5 Å². The highest BCUT2D eigenvalue weighted by Crippen LogP contribution is 2.02. The van der Waals surface area contributed by atoms with Crippen LogP contribution >= 0.6 is 0 Å². The topological polar surface area (TPSA) is 84.2 Å². The molecule has 2 rings (SSSR count). The van der Waals surface area contributed by atoms with Crippen LogP contribution in [0.1, 0.15) is 17.5 Å². The summed E-state index contributed by atoms with van der Waals surface area (Å²) in [6.45, 7) is 0.767. The van der Waals surface area contributed by atoms with E-state index < -0.39 is 6.04 Å². The molecule has 2 aromatic carbocycles. The van der Waals surface area contributed by atoms with Crippen LogP contribution in [0.15, 0.2) is 60.7 Å². The van der Waals surface area contributed by atoms with Crippen LogP contribution < -0.4 is 16.4 Å². The van der Waals surface area contributed by atoms with Crippen molar-refractivity contribution in [1.29, 1.82) is 0 Å². The first-order chi connectivity index (χ1) is 11.6. The van der Waals surface area contributed by atoms with Crippen LogP contribution in [-0.4, -0.2) is 24.4 Å². The fourth-order valence-electron chi connectivity index (χ4n) is 2.28. The van der Waals surface area contributed by atoms with Crippen molar-refractivity contribution >= 4 is 11.8 Å². The van der Waals surface area contributed by atoms with Gasteiger partial charge in [-0.2, -0.15) is 0 Å². The standard InChI is InChI=1S/C19H23N3O2/c20-17(13-15-7-3-1-4-8-15)19(24)21-12-11-18(23)22-14-16-9-5-2-6-10-16/h1-10,17H,11-14,20H2,(H,21,24)(H,22,23)/t17-/m0/s1. The summed E-state index contributed by atoms with van der Waals surface area (Å²) in [6.07, 6.45) is 0.712. The minimum atomic E-state index is -0.611. The molecule has 0 saturated carbocycles. The van der Waals surface area contributed by atoms with E-state index in [1.54, 1.807) is 0 Å². The largest absolute Gasteiger partial charge is 0.354 e. The molecular weight excluding hydrogens is 302 g/mol. The second-order valence-corrected chi connectivity index (χ2v) is 5.60. The van der Waals surface area contributed by atoms with Crippen molar-refractivity contribution in [2.45, 2.75) is 25.4 Å². The van der Waals surface area contributed by atoms with E-state index in [1.165, 1.54) is 0 Å². The van der Waals surface area contributed by atoms with Crippen LogP contribution in [0, 0.1) is 0 Å². The number of carbonyl (C=O) groups is 2. The Bertz CT molecular complexity index is 644. The van der Waals surface area contributed by atoms with E-state index in [-0.39, 0.29) is 24.8 Å². The van der Waals surface area contributed by atoms with Crippen LogP contribution in [0.5, 0.6) is 0 Å². The van der Waals surface area contributed by atoms with Gasteiger partial charge in [-0.15, -0.1) is 0 Å². The molecule has 2 aromatic rings. The molecule has 2 amide bonds. The molecule has 0 aliphatic rings. The molecule has 5 heteroatoms. The van der Waals surface area contributed by atoms with Crippen LogP contribution in [-0.2, 0) is 22.6 Å². The van der Waals surface area contributed by atoms with E-state index in [4.69, 9.17) is 5.73 Å². The van der Waals surface area contributed by atoms with Crippen LogP contribution in [0.4, 0.5) is 0 Å². The predicted molar refractivity (Wildman–Crippen MR) is 94.0 cm³/mol. The van der Waals surface area contributed by atoms with Crippen LogP contribution in [0.2, 0.25) is 0 Å². The normalized spacial score (nSPS) is 11.5. The van der Waals surface area contributed by atoms with Gasteiger partial charge < -0.3 is 16.4 Å². The number of nitrogens with two attached hydrogens (primary N) is 1. The number of hydrogen-bond acceptors (Lipinski definition) is 3. The van der Waals surface area contributed by atoms with Gasteiger partial charge in [-0.3, -0.25) is 9.59 Å². The third-order valence-corrected chi connectivity index (χ3v) is 3.62. The SMILES string of the molecule is N[C@@H](Cc1ccccc1)C(=O)NCCC(=O)NCc1ccccc1. The first kappa shape index (κ1) is 17.7. The van der Waals surface area contributed by atoms with Gasteiger partial charge in [0.05, 0.1) is 6.04 Å². The lowest BCUT2D eigenvalue weighted by Gasteiger charge is -2.12. The minimum absolute atomic E-state index is 0.101. The molecule has 0 radical (unpaired) electrons. The summed E-state index contributed by atoms with van der Waals surface area (Å²) in [7, 11) is 0. The molecule has 0 aliphatic heterocycles. The Morgan fingerprint density at radius 3 is 2.08 bits per heavy atom. The van der Waals surface area contributed by atoms with Crippen molar-refractivity contribution in [3.05, 3.63) is 71.8 Å². The summed E-state index contributed by atoms with van der Waals surface area (Å²) in [5.74, 6) is -0.342. The summed E-state index contributed by atoms with van der Waals surface area (Å²) in [6, 6.07) is 18.7. The first-order valence-electron chi connectivity index (χ1n) is 8.03. The van der Waals surface area contributed by atoms with Gasteiger partial charge in [-0.1, -0.05) is 60.7 Å². The van der Waals surface area contributed by atoms with E-state index in [1.807, 2.05) is 60.7 Å². The number of hydrogen-bond donors (Lipinski definition) is 3. The summed E-state index contributed by atoms with van der Waals surface area (Å²) in [4.78, 5) is 23.7. The lowest BCUT2D eigenvalue weighted by molar-refractivity contribution is -0.123. The van der Waals surface area contributed by atoms with Crippen molar-refractivity contribution in [2.24, 2.45) is 5.73 Å². The zero-order valence-corrected chi connectivity index (χ0v) is 13.6. The number of carbonyl (C=O) groups excluding carboxylic acids is 2. The fraction of sp³-hybridized carbons (Fsp3) is 0.263. The second kappa shape index (κ2) is 9.47. The molecule has 0 aromatic heterocycles. The highest BCUT2D eigenvalue weighted by atomic mass is 16.2. The van der Waals surface area contributed by atoms with Gasteiger partial charge in [0.1, 0.15) is 0 Å². The number of amides is 2. The molecule has 5 nitrogen and oxygen atoms in total. The lowest BCUT2D eigenvalue weighted by Crippen LogP contribution is -2.43. The van der Waals surface area contributed by atoms with Gasteiger partial charge in [-0.25, -0.2) is 0 Å². The molecule has 4 N–H and O–H groups in total. The molecule has 0 fully saturated rings. The molecule has 0 aliphatic carbocycles. The Hall–Kier alpha value is -2.66. The Labute approximate surface area is 142 Å². The highest BCUT2D eigenvalue weighted by molar-refractivity contribution is 5.82. The van der Waals surface area contributed by atoms with Crippen molar-refractivity contribution in [3.8, 4) is 0 Å². The zero-order valence-electron chi connectivity index (χ0n) is 13.6. The number of rotatable bonds is 8. The third-order valence-electron chi connectivity index (χ3n) is 3.62. The van der Waals surface area contributed by atoms with Crippen LogP contribution in [0.25, 0.3) is 0 Å². The van der Waals surface area contributed by atoms with Gasteiger partial charge >= 0.3 is 0 Å². The molecule has 126 valence electrons. The second-order valence-electron chi connectivity index (χ2n) is 5.60. The minimum Gasteiger partial charge on any atom is -0.354 e. The predicted octanol–water partition coefficient (Wildman–Crippen LogP) is 1.38. The molecule has 0 saturated heterocycles. The maximum absolute atomic E-state index is 11.9. The third kappa shape index (κ3) is 6.22. The average molecular weight is 325 g/mol. The van der Waals surface area contributed by atoms with Crippen molar-refractivity contribution in [2.75, 3.05) is 6.54 Å². The quantitative estimate of drug-likeness (QED) is 0.685. The monoisotopic (exact) mass is 325 g/mol. The van der Waals surface area contributed by atoms with E-state index >= 15 is 0 Å². The van der Waals surface area contributed by atoms with Crippen molar-refractivity contribution < 1.29 is 9.59 Å². The number of benzene rings is 2. The molecule has 1 atom stereocenters. The Balaban J connectivity index is 1.63. The van der Waals surface area contributed by atoms with Gasteiger partial charge in [-0.05, 0) is 17.5 Å². The molecule has 0 unspecified atom stereocenters. The molecular formula is C19H23N3O2. The molecule has 0 bridgehead atoms. The Kier molecular flexibility index (Phi) is 6.98. The molecule has 0 heterocycles. The van der Waals surface area contributed by atoms with Crippen molar-refractivity contribution in [1.82, 2.24) is 10.6 Å². The maximum Gasteiger partial charge on any atom is 0.237 e. The molecule has 24 heavy (non-hydrogen) atoms. The maximum atomic E-state index is 11.9. The van der Waals surface area contributed by atoms with Gasteiger partial charge in [0.2, 0.25) is 11.8 Å². The first-order valence-corrected chi connectivity index (χ1v) is 8.03. The smallest absolute Gasteiger partial charge is 0.237 e. The van der Waals surface area contributed by atoms with Crippen molar-refractivity contribution in [3.63, 3.8) is 0 Å². The number of nitrogens with one attached hydrogen (secondary N) is 2. The Morgan fingerprint density at radius 1 is 0.875 bits per heavy atom. The van der Waals surface area contributed by atoms with E-state index in [0.29, 0.717) is 13.0 Å². The van der Waals surface area contributed by atoms with E-state index in [0.717, 1.165) is 11.1 Å². The average Bonchev–Trinajstić information content (AvgIpc) is 2.61. The summed E-state index contributed by atoms with van der Waals surface area (Å²) in [5.41, 5.74) is 7.94. The fourth-order valence-corrected chi connectivity index (χ4v) is 2.28. The molecule has 0 spiro atoms. The van der Waals surface area contributed by atoms with E-state index in [2.05, 4.69) is 10.6 Å².